The molecule has 2 aliphatic rings. The number of hydrogen-bond acceptors (Lipinski definition) is 1. The van der Waals surface area contributed by atoms with Crippen LogP contribution in [-0.4, -0.2) is 9.55 Å². The highest BCUT2D eigenvalue weighted by Gasteiger charge is 2.30. The van der Waals surface area contributed by atoms with E-state index in [0.29, 0.717) is 0 Å². The highest BCUT2D eigenvalue weighted by atomic mass is 15.1. The summed E-state index contributed by atoms with van der Waals surface area (Å²) in [7, 11) is 0. The molecule has 2 heteroatoms. The molecule has 1 aromatic rings. The van der Waals surface area contributed by atoms with Crippen molar-refractivity contribution < 1.29 is 0 Å². The van der Waals surface area contributed by atoms with Crippen molar-refractivity contribution in [2.45, 2.75) is 63.8 Å². The van der Waals surface area contributed by atoms with Crippen LogP contribution in [0.2, 0.25) is 0 Å². The molecule has 0 atom stereocenters. The molecule has 0 aliphatic heterocycles. The van der Waals surface area contributed by atoms with Crippen LogP contribution >= 0.6 is 0 Å². The summed E-state index contributed by atoms with van der Waals surface area (Å²) in [4.78, 5) is 4.36. The van der Waals surface area contributed by atoms with Gasteiger partial charge in [-0.3, -0.25) is 0 Å². The van der Waals surface area contributed by atoms with Gasteiger partial charge in [0.2, 0.25) is 0 Å². The van der Waals surface area contributed by atoms with Crippen molar-refractivity contribution in [2.75, 3.05) is 0 Å². The van der Waals surface area contributed by atoms with Crippen molar-refractivity contribution in [1.82, 2.24) is 9.55 Å². The van der Waals surface area contributed by atoms with Gasteiger partial charge in [-0.2, -0.15) is 0 Å². The summed E-state index contributed by atoms with van der Waals surface area (Å²) in [6.45, 7) is 2.33. The van der Waals surface area contributed by atoms with Gasteiger partial charge < -0.3 is 4.57 Å². The largest absolute Gasteiger partial charge is 0.331 e. The Morgan fingerprint density at radius 3 is 2.56 bits per heavy atom. The maximum atomic E-state index is 4.36. The fourth-order valence-electron chi connectivity index (χ4n) is 3.15. The van der Waals surface area contributed by atoms with Crippen molar-refractivity contribution >= 4 is 0 Å². The van der Waals surface area contributed by atoms with Gasteiger partial charge in [-0.1, -0.05) is 13.3 Å². The highest BCUT2D eigenvalue weighted by molar-refractivity contribution is 5.13. The molecule has 1 aromatic heterocycles. The molecule has 0 N–H and O–H groups in total. The zero-order valence-corrected chi connectivity index (χ0v) is 10.2. The SMILES string of the molecule is CCC1CCC(n2cncc2C2CC2)CC1. The third-order valence-corrected chi connectivity index (χ3v) is 4.48. The van der Waals surface area contributed by atoms with E-state index in [9.17, 15) is 0 Å². The predicted octanol–water partition coefficient (Wildman–Crippen LogP) is 3.90. The van der Waals surface area contributed by atoms with Gasteiger partial charge >= 0.3 is 0 Å². The summed E-state index contributed by atoms with van der Waals surface area (Å²) in [5, 5.41) is 0. The molecule has 0 bridgehead atoms. The molecule has 2 fully saturated rings. The standard InChI is InChI=1S/C14H22N2/c1-2-11-3-7-13(8-4-11)16-10-15-9-14(16)12-5-6-12/h9-13H,2-8H2,1H3. The van der Waals surface area contributed by atoms with Crippen molar-refractivity contribution in [3.05, 3.63) is 18.2 Å². The Morgan fingerprint density at radius 1 is 1.19 bits per heavy atom. The van der Waals surface area contributed by atoms with Crippen LogP contribution in [0.5, 0.6) is 0 Å². The van der Waals surface area contributed by atoms with Crippen molar-refractivity contribution in [3.8, 4) is 0 Å². The van der Waals surface area contributed by atoms with Crippen LogP contribution in [0.4, 0.5) is 0 Å². The van der Waals surface area contributed by atoms with Crippen molar-refractivity contribution in [3.63, 3.8) is 0 Å². The van der Waals surface area contributed by atoms with E-state index < -0.39 is 0 Å². The van der Waals surface area contributed by atoms with E-state index in [1.165, 1.54) is 50.6 Å². The number of nitrogens with zero attached hydrogens (tertiary/aromatic N) is 2. The molecule has 0 saturated heterocycles. The molecule has 0 unspecified atom stereocenters. The Bertz CT molecular complexity index is 343. The molecule has 2 nitrogen and oxygen atoms in total. The lowest BCUT2D eigenvalue weighted by Crippen LogP contribution is -2.18. The minimum atomic E-state index is 0.751. The van der Waals surface area contributed by atoms with Gasteiger partial charge in [-0.25, -0.2) is 4.98 Å². The molecule has 0 spiro atoms. The fraction of sp³-hybridized carbons (Fsp3) is 0.786. The molecule has 2 aliphatic carbocycles. The second-order valence-electron chi connectivity index (χ2n) is 5.58. The monoisotopic (exact) mass is 218 g/mol. The molecule has 0 radical (unpaired) electrons. The van der Waals surface area contributed by atoms with Crippen LogP contribution in [0.1, 0.15) is 69.5 Å². The van der Waals surface area contributed by atoms with E-state index in [1.807, 2.05) is 0 Å². The zero-order chi connectivity index (χ0) is 11.0. The Balaban J connectivity index is 1.70. The minimum Gasteiger partial charge on any atom is -0.331 e. The normalized spacial score (nSPS) is 30.6. The maximum absolute atomic E-state index is 4.36. The Morgan fingerprint density at radius 2 is 1.94 bits per heavy atom. The fourth-order valence-corrected chi connectivity index (χ4v) is 3.15. The van der Waals surface area contributed by atoms with E-state index in [2.05, 4.69) is 29.0 Å². The molecule has 1 heterocycles. The molecule has 0 aromatic carbocycles. The van der Waals surface area contributed by atoms with Crippen LogP contribution in [0.25, 0.3) is 0 Å². The van der Waals surface area contributed by atoms with Crippen LogP contribution < -0.4 is 0 Å². The zero-order valence-electron chi connectivity index (χ0n) is 10.2. The number of imidazole rings is 1. The lowest BCUT2D eigenvalue weighted by Gasteiger charge is -2.29. The third kappa shape index (κ3) is 1.90. The summed E-state index contributed by atoms with van der Waals surface area (Å²) in [5.74, 6) is 1.83. The van der Waals surface area contributed by atoms with Gasteiger partial charge in [0.05, 0.1) is 6.33 Å². The first-order valence-corrected chi connectivity index (χ1v) is 6.90. The van der Waals surface area contributed by atoms with Gasteiger partial charge in [0.1, 0.15) is 0 Å². The third-order valence-electron chi connectivity index (χ3n) is 4.48. The van der Waals surface area contributed by atoms with Gasteiger partial charge in [0, 0.05) is 23.9 Å². The predicted molar refractivity (Wildman–Crippen MR) is 65.5 cm³/mol. The van der Waals surface area contributed by atoms with Gasteiger partial charge in [-0.05, 0) is 44.4 Å². The van der Waals surface area contributed by atoms with Crippen LogP contribution in [0, 0.1) is 5.92 Å². The van der Waals surface area contributed by atoms with Gasteiger partial charge in [0.25, 0.3) is 0 Å². The molecule has 2 saturated carbocycles. The molecule has 16 heavy (non-hydrogen) atoms. The Hall–Kier alpha value is -0.790. The van der Waals surface area contributed by atoms with Crippen LogP contribution in [0.15, 0.2) is 12.5 Å². The van der Waals surface area contributed by atoms with E-state index in [0.717, 1.165) is 17.9 Å². The second kappa shape index (κ2) is 4.23. The van der Waals surface area contributed by atoms with Gasteiger partial charge in [0.15, 0.2) is 0 Å². The maximum Gasteiger partial charge on any atom is 0.0950 e. The summed E-state index contributed by atoms with van der Waals surface area (Å²) in [5.41, 5.74) is 1.51. The second-order valence-corrected chi connectivity index (χ2v) is 5.58. The molecule has 0 amide bonds. The highest BCUT2D eigenvalue weighted by Crippen LogP contribution is 2.42. The summed E-state index contributed by atoms with van der Waals surface area (Å²) >= 11 is 0. The van der Waals surface area contributed by atoms with Gasteiger partial charge in [-0.15, -0.1) is 0 Å². The molecule has 88 valence electrons. The van der Waals surface area contributed by atoms with E-state index in [4.69, 9.17) is 0 Å². The smallest absolute Gasteiger partial charge is 0.0950 e. The van der Waals surface area contributed by atoms with E-state index in [-0.39, 0.29) is 0 Å². The van der Waals surface area contributed by atoms with Crippen molar-refractivity contribution in [2.24, 2.45) is 5.92 Å². The quantitative estimate of drug-likeness (QED) is 0.752. The molecule has 3 rings (SSSR count). The number of rotatable bonds is 3. The van der Waals surface area contributed by atoms with Crippen molar-refractivity contribution in [1.29, 1.82) is 0 Å². The molecular weight excluding hydrogens is 196 g/mol. The average Bonchev–Trinajstić information content (AvgIpc) is 3.07. The minimum absolute atomic E-state index is 0.751. The summed E-state index contributed by atoms with van der Waals surface area (Å²) in [6, 6.07) is 0.751. The Labute approximate surface area is 98.1 Å². The number of aromatic nitrogens is 2. The van der Waals surface area contributed by atoms with Crippen LogP contribution in [-0.2, 0) is 0 Å². The first kappa shape index (κ1) is 10.4. The summed E-state index contributed by atoms with van der Waals surface area (Å²) in [6.07, 6.45) is 13.9. The van der Waals surface area contributed by atoms with E-state index in [1.54, 1.807) is 0 Å². The lowest BCUT2D eigenvalue weighted by atomic mass is 9.84. The first-order chi connectivity index (χ1) is 7.88. The lowest BCUT2D eigenvalue weighted by molar-refractivity contribution is 0.266. The van der Waals surface area contributed by atoms with E-state index >= 15 is 0 Å². The van der Waals surface area contributed by atoms with Crippen LogP contribution in [0.3, 0.4) is 0 Å². The average molecular weight is 218 g/mol. The Kier molecular flexibility index (Phi) is 2.74. The first-order valence-electron chi connectivity index (χ1n) is 6.90. The summed E-state index contributed by atoms with van der Waals surface area (Å²) < 4.78 is 2.49. The number of hydrogen-bond donors (Lipinski definition) is 0. The topological polar surface area (TPSA) is 17.8 Å². The molecular formula is C14H22N2.